The van der Waals surface area contributed by atoms with Crippen LogP contribution in [0.2, 0.25) is 0 Å². The van der Waals surface area contributed by atoms with Gasteiger partial charge < -0.3 is 15.0 Å². The van der Waals surface area contributed by atoms with E-state index in [1.807, 2.05) is 37.3 Å². The molecule has 0 bridgehead atoms. The quantitative estimate of drug-likeness (QED) is 0.482. The zero-order chi connectivity index (χ0) is 18.5. The number of likely N-dealkylation sites (tertiary alicyclic amines) is 1. The van der Waals surface area contributed by atoms with Gasteiger partial charge in [0, 0.05) is 17.6 Å². The number of amidine groups is 1. The van der Waals surface area contributed by atoms with Crippen LogP contribution in [0.25, 0.3) is 11.3 Å². The van der Waals surface area contributed by atoms with E-state index in [0.29, 0.717) is 36.1 Å². The summed E-state index contributed by atoms with van der Waals surface area (Å²) < 4.78 is 5.79. The maximum Gasteiger partial charge on any atom is 0.238 e. The Morgan fingerprint density at radius 1 is 1.31 bits per heavy atom. The van der Waals surface area contributed by atoms with Gasteiger partial charge in [0.1, 0.15) is 0 Å². The fourth-order valence-corrected chi connectivity index (χ4v) is 3.41. The zero-order valence-electron chi connectivity index (χ0n) is 15.8. The Balaban J connectivity index is 1.58. The van der Waals surface area contributed by atoms with Crippen LogP contribution in [-0.4, -0.2) is 34.3 Å². The third kappa shape index (κ3) is 4.43. The van der Waals surface area contributed by atoms with Crippen molar-refractivity contribution in [2.24, 2.45) is 10.9 Å². The van der Waals surface area contributed by atoms with Crippen molar-refractivity contribution in [2.75, 3.05) is 6.54 Å². The summed E-state index contributed by atoms with van der Waals surface area (Å²) in [6.07, 6.45) is 4.98. The van der Waals surface area contributed by atoms with Crippen molar-refractivity contribution in [3.8, 4) is 11.3 Å². The maximum absolute atomic E-state index is 6.08. The molecule has 26 heavy (non-hydrogen) atoms. The molecule has 1 saturated heterocycles. The van der Waals surface area contributed by atoms with E-state index in [1.165, 1.54) is 19.3 Å². The Labute approximate surface area is 155 Å². The number of piperidine rings is 1. The minimum atomic E-state index is -0.401. The fourth-order valence-electron chi connectivity index (χ4n) is 3.41. The number of oxazole rings is 1. The lowest BCUT2D eigenvalue weighted by atomic mass is 9.97. The predicted molar refractivity (Wildman–Crippen MR) is 103 cm³/mol. The highest BCUT2D eigenvalue weighted by Crippen LogP contribution is 2.25. The topological polar surface area (TPSA) is 76.9 Å². The van der Waals surface area contributed by atoms with Crippen LogP contribution in [0.4, 0.5) is 0 Å². The van der Waals surface area contributed by atoms with E-state index in [2.05, 4.69) is 28.9 Å². The summed E-state index contributed by atoms with van der Waals surface area (Å²) in [4.78, 5) is 12.2. The van der Waals surface area contributed by atoms with Crippen LogP contribution < -0.4 is 5.73 Å². The smallest absolute Gasteiger partial charge is 0.238 e. The van der Waals surface area contributed by atoms with Gasteiger partial charge in [-0.1, -0.05) is 41.9 Å². The van der Waals surface area contributed by atoms with E-state index in [1.54, 1.807) is 6.20 Å². The van der Waals surface area contributed by atoms with Crippen LogP contribution in [0.3, 0.4) is 0 Å². The third-order valence-corrected chi connectivity index (χ3v) is 4.98. The number of hydrogen-bond donors (Lipinski definition) is 1. The minimum absolute atomic E-state index is 0.401. The first-order valence-corrected chi connectivity index (χ1v) is 9.29. The van der Waals surface area contributed by atoms with Gasteiger partial charge in [0.2, 0.25) is 5.89 Å². The zero-order valence-corrected chi connectivity index (χ0v) is 15.8. The second kappa shape index (κ2) is 8.36. The second-order valence-electron chi connectivity index (χ2n) is 7.06. The number of aromatic nitrogens is 1. The molecule has 0 saturated carbocycles. The summed E-state index contributed by atoms with van der Waals surface area (Å²) in [5.74, 6) is 1.68. The summed E-state index contributed by atoms with van der Waals surface area (Å²) >= 11 is 0. The molecule has 1 aromatic carbocycles. The van der Waals surface area contributed by atoms with Gasteiger partial charge in [-0.3, -0.25) is 4.90 Å². The van der Waals surface area contributed by atoms with Gasteiger partial charge in [0.15, 0.2) is 17.7 Å². The summed E-state index contributed by atoms with van der Waals surface area (Å²) in [6, 6.07) is 10.9. The lowest BCUT2D eigenvalue weighted by Gasteiger charge is -2.38. The molecule has 1 fully saturated rings. The minimum Gasteiger partial charge on any atom is -0.437 e. The van der Waals surface area contributed by atoms with Gasteiger partial charge in [0.25, 0.3) is 0 Å². The van der Waals surface area contributed by atoms with Crippen molar-refractivity contribution in [3.63, 3.8) is 0 Å². The Morgan fingerprint density at radius 3 is 2.69 bits per heavy atom. The molecule has 140 valence electrons. The van der Waals surface area contributed by atoms with E-state index in [9.17, 15) is 0 Å². The molecule has 1 aliphatic rings. The standard InChI is InChI=1S/C20H28N4O2/c1-14-8-7-9-15(2)24(14)13-19(21)23-26-16(3)20-22-12-18(25-20)17-10-5-4-6-11-17/h4-6,10-12,14-16H,7-9,13H2,1-3H3,(H2,21,23). The summed E-state index contributed by atoms with van der Waals surface area (Å²) in [7, 11) is 0. The van der Waals surface area contributed by atoms with Gasteiger partial charge in [-0.25, -0.2) is 4.98 Å². The Kier molecular flexibility index (Phi) is 5.93. The number of oxime groups is 1. The molecule has 6 nitrogen and oxygen atoms in total. The normalized spacial score (nSPS) is 23.0. The molecule has 0 spiro atoms. The molecule has 0 amide bonds. The van der Waals surface area contributed by atoms with E-state index < -0.39 is 6.10 Å². The molecule has 1 aliphatic heterocycles. The molecule has 3 unspecified atom stereocenters. The van der Waals surface area contributed by atoms with Crippen LogP contribution in [0, 0.1) is 0 Å². The van der Waals surface area contributed by atoms with Gasteiger partial charge in [-0.2, -0.15) is 0 Å². The van der Waals surface area contributed by atoms with Crippen LogP contribution in [0.5, 0.6) is 0 Å². The highest BCUT2D eigenvalue weighted by atomic mass is 16.6. The van der Waals surface area contributed by atoms with Crippen molar-refractivity contribution in [2.45, 2.75) is 58.2 Å². The molecule has 2 heterocycles. The molecular weight excluding hydrogens is 328 g/mol. The number of rotatable bonds is 6. The lowest BCUT2D eigenvalue weighted by Crippen LogP contribution is -2.47. The first kappa shape index (κ1) is 18.5. The van der Waals surface area contributed by atoms with Crippen molar-refractivity contribution in [1.29, 1.82) is 0 Å². The van der Waals surface area contributed by atoms with Crippen LogP contribution in [0.15, 0.2) is 46.1 Å². The van der Waals surface area contributed by atoms with Crippen molar-refractivity contribution in [1.82, 2.24) is 9.88 Å². The van der Waals surface area contributed by atoms with Gasteiger partial charge >= 0.3 is 0 Å². The van der Waals surface area contributed by atoms with E-state index in [0.717, 1.165) is 5.56 Å². The van der Waals surface area contributed by atoms with Gasteiger partial charge in [-0.05, 0) is 33.6 Å². The van der Waals surface area contributed by atoms with Gasteiger partial charge in [-0.15, -0.1) is 0 Å². The van der Waals surface area contributed by atoms with Gasteiger partial charge in [0.05, 0.1) is 12.7 Å². The highest BCUT2D eigenvalue weighted by molar-refractivity contribution is 5.81. The molecule has 0 aliphatic carbocycles. The van der Waals surface area contributed by atoms with E-state index >= 15 is 0 Å². The molecule has 2 N–H and O–H groups in total. The maximum atomic E-state index is 6.08. The largest absolute Gasteiger partial charge is 0.437 e. The highest BCUT2D eigenvalue weighted by Gasteiger charge is 2.25. The Morgan fingerprint density at radius 2 is 2.00 bits per heavy atom. The molecule has 2 aromatic rings. The predicted octanol–water partition coefficient (Wildman–Crippen LogP) is 3.95. The number of hydrogen-bond acceptors (Lipinski definition) is 5. The average molecular weight is 356 g/mol. The van der Waals surface area contributed by atoms with Crippen molar-refractivity contribution >= 4 is 5.84 Å². The number of nitrogens with two attached hydrogens (primary N) is 1. The Bertz CT molecular complexity index is 718. The average Bonchev–Trinajstić information content (AvgIpc) is 3.14. The Hall–Kier alpha value is -2.34. The fraction of sp³-hybridized carbons (Fsp3) is 0.500. The summed E-state index contributed by atoms with van der Waals surface area (Å²) in [5, 5.41) is 4.10. The number of benzene rings is 1. The molecule has 1 aromatic heterocycles. The monoisotopic (exact) mass is 356 g/mol. The third-order valence-electron chi connectivity index (χ3n) is 4.98. The molecular formula is C20H28N4O2. The SMILES string of the molecule is CC(O/N=C(\N)CN1C(C)CCCC1C)c1ncc(-c2ccccc2)o1. The second-order valence-corrected chi connectivity index (χ2v) is 7.06. The van der Waals surface area contributed by atoms with E-state index in [4.69, 9.17) is 15.0 Å². The molecule has 3 rings (SSSR count). The first-order valence-electron chi connectivity index (χ1n) is 9.29. The molecule has 3 atom stereocenters. The van der Waals surface area contributed by atoms with Crippen molar-refractivity contribution < 1.29 is 9.25 Å². The van der Waals surface area contributed by atoms with Crippen LogP contribution in [0.1, 0.15) is 52.0 Å². The van der Waals surface area contributed by atoms with Crippen LogP contribution in [-0.2, 0) is 4.84 Å². The van der Waals surface area contributed by atoms with Crippen molar-refractivity contribution in [3.05, 3.63) is 42.4 Å². The van der Waals surface area contributed by atoms with E-state index in [-0.39, 0.29) is 0 Å². The molecule has 0 radical (unpaired) electrons. The summed E-state index contributed by atoms with van der Waals surface area (Å²) in [5.41, 5.74) is 7.06. The number of nitrogens with zero attached hydrogens (tertiary/aromatic N) is 3. The lowest BCUT2D eigenvalue weighted by molar-refractivity contribution is 0.0502. The summed E-state index contributed by atoms with van der Waals surface area (Å²) in [6.45, 7) is 6.95. The first-order chi connectivity index (χ1) is 12.5. The van der Waals surface area contributed by atoms with Crippen LogP contribution >= 0.6 is 0 Å². The molecule has 6 heteroatoms.